The van der Waals surface area contributed by atoms with Crippen LogP contribution >= 0.6 is 7.60 Å². The molecule has 0 saturated carbocycles. The van der Waals surface area contributed by atoms with Crippen molar-refractivity contribution in [1.29, 1.82) is 0 Å². The van der Waals surface area contributed by atoms with E-state index in [1.807, 2.05) is 13.8 Å². The van der Waals surface area contributed by atoms with Gasteiger partial charge in [0, 0.05) is 19.8 Å². The summed E-state index contributed by atoms with van der Waals surface area (Å²) >= 11 is 0. The Morgan fingerprint density at radius 1 is 1.30 bits per heavy atom. The molecule has 0 radical (unpaired) electrons. The summed E-state index contributed by atoms with van der Waals surface area (Å²) in [7, 11) is -1.66. The zero-order chi connectivity index (χ0) is 15.8. The molecule has 4 nitrogen and oxygen atoms in total. The highest BCUT2D eigenvalue weighted by atomic mass is 31.2. The third-order valence-electron chi connectivity index (χ3n) is 2.60. The predicted octanol–water partition coefficient (Wildman–Crippen LogP) is 3.98. The van der Waals surface area contributed by atoms with Crippen LogP contribution in [0.2, 0.25) is 0 Å². The first kappa shape index (κ1) is 19.2. The first-order valence-electron chi connectivity index (χ1n) is 6.34. The minimum absolute atomic E-state index is 0.363. The third kappa shape index (κ3) is 4.93. The van der Waals surface area contributed by atoms with E-state index in [2.05, 4.69) is 9.05 Å². The number of halogens is 2. The number of rotatable bonds is 6. The van der Waals surface area contributed by atoms with Gasteiger partial charge in [-0.1, -0.05) is 32.1 Å². The van der Waals surface area contributed by atoms with Crippen molar-refractivity contribution in [1.82, 2.24) is 0 Å². The van der Waals surface area contributed by atoms with E-state index in [9.17, 15) is 18.1 Å². The Kier molecular flexibility index (Phi) is 8.09. The van der Waals surface area contributed by atoms with E-state index in [0.717, 1.165) is 14.2 Å². The van der Waals surface area contributed by atoms with Gasteiger partial charge in [0.05, 0.1) is 0 Å². The molecule has 0 amide bonds. The van der Waals surface area contributed by atoms with E-state index in [0.29, 0.717) is 12.8 Å². The number of alkyl halides is 2. The Bertz CT molecular complexity index is 422. The molecule has 0 aromatic rings. The standard InChI is InChI=1S/C11H15F2O4P.C2H6/c1-16-18(15,17-2)8-10(14)11(12,13)9-6-4-3-5-7-9;1-2/h4,6-7H,3,5,8H2,1-2H3;1-2H3. The summed E-state index contributed by atoms with van der Waals surface area (Å²) in [6, 6.07) is 0. The summed E-state index contributed by atoms with van der Waals surface area (Å²) in [5.74, 6) is -5.13. The lowest BCUT2D eigenvalue weighted by Crippen LogP contribution is -2.33. The van der Waals surface area contributed by atoms with Gasteiger partial charge in [-0.2, -0.15) is 8.78 Å². The van der Waals surface area contributed by atoms with Crippen molar-refractivity contribution < 1.29 is 27.2 Å². The number of hydrogen-bond donors (Lipinski definition) is 0. The van der Waals surface area contributed by atoms with Crippen molar-refractivity contribution in [2.75, 3.05) is 20.4 Å². The Balaban J connectivity index is 0.00000172. The predicted molar refractivity (Wildman–Crippen MR) is 74.3 cm³/mol. The SMILES string of the molecule is CC.COP(=O)(CC(=O)C(F)(F)C1=CCCC=C1)OC. The number of carbonyl (C=O) groups excluding carboxylic acids is 1. The van der Waals surface area contributed by atoms with Gasteiger partial charge in [-0.3, -0.25) is 9.36 Å². The molecule has 7 heteroatoms. The van der Waals surface area contributed by atoms with E-state index in [-0.39, 0.29) is 5.57 Å². The van der Waals surface area contributed by atoms with Crippen LogP contribution in [0.4, 0.5) is 8.78 Å². The number of Topliss-reactive ketones (excluding diaryl/α,β-unsaturated/α-hetero) is 1. The molecule has 0 fully saturated rings. The van der Waals surface area contributed by atoms with Crippen molar-refractivity contribution in [3.63, 3.8) is 0 Å². The van der Waals surface area contributed by atoms with Crippen molar-refractivity contribution in [3.8, 4) is 0 Å². The van der Waals surface area contributed by atoms with Gasteiger partial charge in [0.15, 0.2) is 0 Å². The third-order valence-corrected chi connectivity index (χ3v) is 4.39. The fraction of sp³-hybridized carbons (Fsp3) is 0.615. The van der Waals surface area contributed by atoms with Gasteiger partial charge >= 0.3 is 13.5 Å². The van der Waals surface area contributed by atoms with Crippen LogP contribution < -0.4 is 0 Å². The molecular weight excluding hydrogens is 289 g/mol. The lowest BCUT2D eigenvalue weighted by atomic mass is 9.99. The van der Waals surface area contributed by atoms with Crippen LogP contribution in [0.1, 0.15) is 26.7 Å². The molecule has 0 unspecified atom stereocenters. The molecule has 1 aliphatic rings. The molecule has 20 heavy (non-hydrogen) atoms. The average molecular weight is 310 g/mol. The minimum Gasteiger partial charge on any atom is -0.312 e. The van der Waals surface area contributed by atoms with Gasteiger partial charge in [-0.05, 0) is 12.8 Å². The van der Waals surface area contributed by atoms with Gasteiger partial charge in [-0.15, -0.1) is 0 Å². The van der Waals surface area contributed by atoms with Crippen LogP contribution in [0, 0.1) is 0 Å². The quantitative estimate of drug-likeness (QED) is 0.696. The summed E-state index contributed by atoms with van der Waals surface area (Å²) in [4.78, 5) is 11.5. The first-order chi connectivity index (χ1) is 9.35. The molecule has 0 bridgehead atoms. The first-order valence-corrected chi connectivity index (χ1v) is 8.07. The van der Waals surface area contributed by atoms with Crippen LogP contribution in [0.5, 0.6) is 0 Å². The van der Waals surface area contributed by atoms with Crippen molar-refractivity contribution in [2.45, 2.75) is 32.6 Å². The maximum absolute atomic E-state index is 13.8. The van der Waals surface area contributed by atoms with Gasteiger partial charge in [-0.25, -0.2) is 0 Å². The molecule has 116 valence electrons. The minimum atomic E-state index is -3.77. The normalized spacial score (nSPS) is 15.2. The molecule has 0 aliphatic heterocycles. The molecule has 0 N–H and O–H groups in total. The molecule has 0 aromatic heterocycles. The monoisotopic (exact) mass is 310 g/mol. The molecule has 1 aliphatic carbocycles. The van der Waals surface area contributed by atoms with Crippen molar-refractivity contribution >= 4 is 13.4 Å². The molecule has 0 saturated heterocycles. The van der Waals surface area contributed by atoms with Gasteiger partial charge in [0.25, 0.3) is 0 Å². The maximum Gasteiger partial charge on any atom is 0.337 e. The zero-order valence-corrected chi connectivity index (χ0v) is 13.1. The second-order valence-corrected chi connectivity index (χ2v) is 6.04. The molecule has 0 atom stereocenters. The molecule has 1 rings (SSSR count). The highest BCUT2D eigenvalue weighted by Crippen LogP contribution is 2.48. The van der Waals surface area contributed by atoms with Gasteiger partial charge in [0.1, 0.15) is 6.16 Å². The number of ketones is 1. The van der Waals surface area contributed by atoms with E-state index < -0.39 is 25.5 Å². The summed E-state index contributed by atoms with van der Waals surface area (Å²) in [5, 5.41) is 0. The maximum atomic E-state index is 13.8. The second kappa shape index (κ2) is 8.45. The number of carbonyl (C=O) groups is 1. The Morgan fingerprint density at radius 3 is 2.25 bits per heavy atom. The molecule has 0 heterocycles. The van der Waals surface area contributed by atoms with Crippen LogP contribution in [0.3, 0.4) is 0 Å². The second-order valence-electron chi connectivity index (χ2n) is 3.77. The Hall–Kier alpha value is -0.840. The van der Waals surface area contributed by atoms with Crippen molar-refractivity contribution in [3.05, 3.63) is 23.8 Å². The highest BCUT2D eigenvalue weighted by Gasteiger charge is 2.45. The Morgan fingerprint density at radius 2 is 1.85 bits per heavy atom. The molecule has 0 spiro atoms. The molecule has 0 aromatic carbocycles. The van der Waals surface area contributed by atoms with Crippen LogP contribution in [-0.2, 0) is 18.4 Å². The van der Waals surface area contributed by atoms with E-state index in [1.54, 1.807) is 6.08 Å². The summed E-state index contributed by atoms with van der Waals surface area (Å²) in [6.07, 6.45) is 4.28. The lowest BCUT2D eigenvalue weighted by molar-refractivity contribution is -0.135. The topological polar surface area (TPSA) is 52.6 Å². The van der Waals surface area contributed by atoms with Crippen LogP contribution in [0.25, 0.3) is 0 Å². The zero-order valence-electron chi connectivity index (χ0n) is 12.2. The summed E-state index contributed by atoms with van der Waals surface area (Å²) < 4.78 is 48.2. The Labute approximate surface area is 118 Å². The fourth-order valence-corrected chi connectivity index (χ4v) is 2.44. The van der Waals surface area contributed by atoms with Crippen molar-refractivity contribution in [2.24, 2.45) is 0 Å². The average Bonchev–Trinajstić information content (AvgIpc) is 2.50. The van der Waals surface area contributed by atoms with E-state index >= 15 is 0 Å². The number of hydrogen-bond acceptors (Lipinski definition) is 4. The smallest absolute Gasteiger partial charge is 0.312 e. The number of allylic oxidation sites excluding steroid dienone is 4. The van der Waals surface area contributed by atoms with E-state index in [4.69, 9.17) is 0 Å². The fourth-order valence-electron chi connectivity index (χ4n) is 1.49. The van der Waals surface area contributed by atoms with Gasteiger partial charge < -0.3 is 9.05 Å². The van der Waals surface area contributed by atoms with Gasteiger partial charge in [0.2, 0.25) is 5.78 Å². The largest absolute Gasteiger partial charge is 0.337 e. The van der Waals surface area contributed by atoms with Crippen LogP contribution in [-0.4, -0.2) is 32.1 Å². The summed E-state index contributed by atoms with van der Waals surface area (Å²) in [6.45, 7) is 4.00. The van der Waals surface area contributed by atoms with E-state index in [1.165, 1.54) is 12.2 Å². The highest BCUT2D eigenvalue weighted by molar-refractivity contribution is 7.54. The lowest BCUT2D eigenvalue weighted by Gasteiger charge is -2.20. The summed E-state index contributed by atoms with van der Waals surface area (Å²) in [5.41, 5.74) is -0.363. The molecular formula is C13H21F2O4P. The van der Waals surface area contributed by atoms with Crippen LogP contribution in [0.15, 0.2) is 23.8 Å².